The van der Waals surface area contributed by atoms with Crippen LogP contribution in [0.25, 0.3) is 0 Å². The highest BCUT2D eigenvalue weighted by molar-refractivity contribution is 5.30. The zero-order valence-electron chi connectivity index (χ0n) is 13.5. The molecule has 0 saturated carbocycles. The van der Waals surface area contributed by atoms with Crippen LogP contribution in [-0.4, -0.2) is 50.9 Å². The van der Waals surface area contributed by atoms with Gasteiger partial charge in [0.1, 0.15) is 5.75 Å². The van der Waals surface area contributed by atoms with Crippen molar-refractivity contribution in [2.45, 2.75) is 32.4 Å². The molecule has 1 N–H and O–H groups in total. The molecule has 1 aromatic rings. The summed E-state index contributed by atoms with van der Waals surface area (Å²) in [7, 11) is 1.98. The van der Waals surface area contributed by atoms with Gasteiger partial charge in [0.25, 0.3) is 0 Å². The summed E-state index contributed by atoms with van der Waals surface area (Å²) >= 11 is 0. The van der Waals surface area contributed by atoms with Gasteiger partial charge in [0.2, 0.25) is 0 Å². The molecule has 1 aliphatic rings. The van der Waals surface area contributed by atoms with Gasteiger partial charge in [-0.05, 0) is 44.6 Å². The number of hydrogen-bond acceptors (Lipinski definition) is 4. The summed E-state index contributed by atoms with van der Waals surface area (Å²) in [6.45, 7) is 8.76. The van der Waals surface area contributed by atoms with Crippen LogP contribution in [0, 0.1) is 0 Å². The Morgan fingerprint density at radius 2 is 2.05 bits per heavy atom. The second kappa shape index (κ2) is 8.37. The van der Waals surface area contributed by atoms with Gasteiger partial charge in [-0.3, -0.25) is 4.90 Å². The summed E-state index contributed by atoms with van der Waals surface area (Å²) in [5.74, 6) is 0.935. The van der Waals surface area contributed by atoms with E-state index in [1.54, 1.807) is 0 Å². The van der Waals surface area contributed by atoms with E-state index in [4.69, 9.17) is 9.47 Å². The fourth-order valence-corrected chi connectivity index (χ4v) is 3.05. The molecule has 0 aromatic heterocycles. The molecule has 0 spiro atoms. The average molecular weight is 292 g/mol. The number of ether oxygens (including phenoxy) is 2. The van der Waals surface area contributed by atoms with Gasteiger partial charge in [-0.15, -0.1) is 0 Å². The SMILES string of the molecule is CCCN1CCOC(CNC)C1c1ccc(OCC)cc1. The lowest BCUT2D eigenvalue weighted by molar-refractivity contribution is -0.0704. The molecule has 118 valence electrons. The lowest BCUT2D eigenvalue weighted by Gasteiger charge is -2.41. The van der Waals surface area contributed by atoms with Gasteiger partial charge in [0.05, 0.1) is 25.4 Å². The second-order valence-corrected chi connectivity index (χ2v) is 5.45. The number of benzene rings is 1. The van der Waals surface area contributed by atoms with Crippen LogP contribution in [0.1, 0.15) is 31.9 Å². The highest BCUT2D eigenvalue weighted by Gasteiger charge is 2.32. The Morgan fingerprint density at radius 3 is 2.67 bits per heavy atom. The summed E-state index contributed by atoms with van der Waals surface area (Å²) < 4.78 is 11.5. The Hall–Kier alpha value is -1.10. The highest BCUT2D eigenvalue weighted by Crippen LogP contribution is 2.30. The predicted molar refractivity (Wildman–Crippen MR) is 85.9 cm³/mol. The minimum atomic E-state index is 0.202. The molecule has 0 bridgehead atoms. The topological polar surface area (TPSA) is 33.7 Å². The first-order valence-electron chi connectivity index (χ1n) is 8.03. The van der Waals surface area contributed by atoms with Crippen molar-refractivity contribution >= 4 is 0 Å². The van der Waals surface area contributed by atoms with E-state index in [-0.39, 0.29) is 6.10 Å². The zero-order valence-corrected chi connectivity index (χ0v) is 13.5. The molecule has 0 aliphatic carbocycles. The first kappa shape index (κ1) is 16.3. The van der Waals surface area contributed by atoms with E-state index in [0.717, 1.165) is 32.0 Å². The third kappa shape index (κ3) is 4.19. The molecular weight excluding hydrogens is 264 g/mol. The van der Waals surface area contributed by atoms with Crippen molar-refractivity contribution in [3.05, 3.63) is 29.8 Å². The molecule has 0 radical (unpaired) electrons. The van der Waals surface area contributed by atoms with Crippen molar-refractivity contribution in [1.29, 1.82) is 0 Å². The Kier molecular flexibility index (Phi) is 6.49. The van der Waals surface area contributed by atoms with Gasteiger partial charge in [-0.2, -0.15) is 0 Å². The van der Waals surface area contributed by atoms with Crippen LogP contribution < -0.4 is 10.1 Å². The van der Waals surface area contributed by atoms with Crippen LogP contribution in [0.15, 0.2) is 24.3 Å². The quantitative estimate of drug-likeness (QED) is 0.837. The maximum Gasteiger partial charge on any atom is 0.119 e. The van der Waals surface area contributed by atoms with E-state index in [1.807, 2.05) is 14.0 Å². The molecule has 2 rings (SSSR count). The predicted octanol–water partition coefficient (Wildman–Crippen LogP) is 2.46. The van der Waals surface area contributed by atoms with Crippen molar-refractivity contribution in [3.63, 3.8) is 0 Å². The summed E-state index contributed by atoms with van der Waals surface area (Å²) in [6.07, 6.45) is 1.37. The van der Waals surface area contributed by atoms with Crippen LogP contribution in [-0.2, 0) is 4.74 Å². The third-order valence-electron chi connectivity index (χ3n) is 3.90. The van der Waals surface area contributed by atoms with Gasteiger partial charge in [0, 0.05) is 13.1 Å². The monoisotopic (exact) mass is 292 g/mol. The maximum atomic E-state index is 6.00. The molecular formula is C17H28N2O2. The van der Waals surface area contributed by atoms with E-state index in [0.29, 0.717) is 12.6 Å². The van der Waals surface area contributed by atoms with Crippen molar-refractivity contribution in [3.8, 4) is 5.75 Å². The van der Waals surface area contributed by atoms with Crippen LogP contribution in [0.5, 0.6) is 5.75 Å². The molecule has 2 unspecified atom stereocenters. The zero-order chi connectivity index (χ0) is 15.1. The van der Waals surface area contributed by atoms with Gasteiger partial charge in [-0.1, -0.05) is 19.1 Å². The number of nitrogens with one attached hydrogen (secondary N) is 1. The molecule has 1 aliphatic heterocycles. The van der Waals surface area contributed by atoms with Gasteiger partial charge >= 0.3 is 0 Å². The van der Waals surface area contributed by atoms with Gasteiger partial charge in [0.15, 0.2) is 0 Å². The van der Waals surface area contributed by atoms with E-state index >= 15 is 0 Å². The summed E-state index contributed by atoms with van der Waals surface area (Å²) in [5.41, 5.74) is 1.31. The van der Waals surface area contributed by atoms with Crippen LogP contribution in [0.3, 0.4) is 0 Å². The lowest BCUT2D eigenvalue weighted by Crippen LogP contribution is -2.48. The molecule has 1 fully saturated rings. The van der Waals surface area contributed by atoms with E-state index in [1.165, 1.54) is 12.0 Å². The van der Waals surface area contributed by atoms with Gasteiger partial charge < -0.3 is 14.8 Å². The number of hydrogen-bond donors (Lipinski definition) is 1. The molecule has 21 heavy (non-hydrogen) atoms. The smallest absolute Gasteiger partial charge is 0.119 e. The molecule has 4 heteroatoms. The Morgan fingerprint density at radius 1 is 1.29 bits per heavy atom. The normalized spacial score (nSPS) is 23.2. The van der Waals surface area contributed by atoms with Gasteiger partial charge in [-0.25, -0.2) is 0 Å². The largest absolute Gasteiger partial charge is 0.494 e. The Balaban J connectivity index is 2.19. The molecule has 0 amide bonds. The fraction of sp³-hybridized carbons (Fsp3) is 0.647. The van der Waals surface area contributed by atoms with E-state index in [2.05, 4.69) is 41.4 Å². The van der Waals surface area contributed by atoms with E-state index in [9.17, 15) is 0 Å². The number of morpholine rings is 1. The standard InChI is InChI=1S/C17H28N2O2/c1-4-10-19-11-12-21-16(13-18-3)17(19)14-6-8-15(9-7-14)20-5-2/h6-9,16-18H,4-5,10-13H2,1-3H3. The number of likely N-dealkylation sites (N-methyl/N-ethyl adjacent to an activating group) is 1. The fourth-order valence-electron chi connectivity index (χ4n) is 3.05. The third-order valence-corrected chi connectivity index (χ3v) is 3.90. The molecule has 1 saturated heterocycles. The molecule has 4 nitrogen and oxygen atoms in total. The van der Waals surface area contributed by atoms with Crippen molar-refractivity contribution < 1.29 is 9.47 Å². The summed E-state index contributed by atoms with van der Waals surface area (Å²) in [6, 6.07) is 8.80. The average Bonchev–Trinajstić information content (AvgIpc) is 2.50. The van der Waals surface area contributed by atoms with Crippen LogP contribution >= 0.6 is 0 Å². The molecule has 1 aromatic carbocycles. The maximum absolute atomic E-state index is 6.00. The Labute approximate surface area is 128 Å². The number of nitrogens with zero attached hydrogens (tertiary/aromatic N) is 1. The minimum Gasteiger partial charge on any atom is -0.494 e. The minimum absolute atomic E-state index is 0.202. The van der Waals surface area contributed by atoms with Crippen LogP contribution in [0.4, 0.5) is 0 Å². The number of rotatable bonds is 7. The highest BCUT2D eigenvalue weighted by atomic mass is 16.5. The Bertz CT molecular complexity index is 390. The first-order valence-corrected chi connectivity index (χ1v) is 8.03. The summed E-state index contributed by atoms with van der Waals surface area (Å²) in [5, 5.41) is 3.26. The van der Waals surface area contributed by atoms with Crippen molar-refractivity contribution in [1.82, 2.24) is 10.2 Å². The lowest BCUT2D eigenvalue weighted by atomic mass is 9.97. The van der Waals surface area contributed by atoms with Crippen molar-refractivity contribution in [2.24, 2.45) is 0 Å². The van der Waals surface area contributed by atoms with Crippen LogP contribution in [0.2, 0.25) is 0 Å². The second-order valence-electron chi connectivity index (χ2n) is 5.45. The van der Waals surface area contributed by atoms with Crippen molar-refractivity contribution in [2.75, 3.05) is 39.9 Å². The summed E-state index contributed by atoms with van der Waals surface area (Å²) in [4.78, 5) is 2.54. The van der Waals surface area contributed by atoms with E-state index < -0.39 is 0 Å². The first-order chi connectivity index (χ1) is 10.3. The molecule has 2 atom stereocenters. The molecule has 1 heterocycles.